The number of nitrogens with zero attached hydrogens (tertiary/aromatic N) is 2. The van der Waals surface area contributed by atoms with E-state index in [-0.39, 0.29) is 5.91 Å². The van der Waals surface area contributed by atoms with Crippen molar-refractivity contribution in [2.24, 2.45) is 0 Å². The van der Waals surface area contributed by atoms with Gasteiger partial charge in [0.25, 0.3) is 5.91 Å². The van der Waals surface area contributed by atoms with Crippen molar-refractivity contribution in [3.63, 3.8) is 0 Å². The van der Waals surface area contributed by atoms with Gasteiger partial charge in [-0.1, -0.05) is 0 Å². The quantitative estimate of drug-likeness (QED) is 0.944. The molecule has 1 heterocycles. The van der Waals surface area contributed by atoms with Crippen LogP contribution >= 0.6 is 15.9 Å². The van der Waals surface area contributed by atoms with E-state index in [4.69, 9.17) is 0 Å². The summed E-state index contributed by atoms with van der Waals surface area (Å²) in [4.78, 5) is 20.1. The summed E-state index contributed by atoms with van der Waals surface area (Å²) >= 11 is 3.16. The van der Waals surface area contributed by atoms with Gasteiger partial charge in [0, 0.05) is 10.7 Å². The number of hydrogen-bond acceptors (Lipinski definition) is 3. The van der Waals surface area contributed by atoms with Gasteiger partial charge >= 0.3 is 0 Å². The molecule has 0 spiro atoms. The van der Waals surface area contributed by atoms with Crippen molar-refractivity contribution >= 4 is 21.8 Å². The lowest BCUT2D eigenvalue weighted by Crippen LogP contribution is -2.23. The first kappa shape index (κ1) is 13.6. The molecule has 1 aromatic carbocycles. The van der Waals surface area contributed by atoms with E-state index in [0.717, 1.165) is 5.69 Å². The van der Waals surface area contributed by atoms with E-state index < -0.39 is 5.82 Å². The minimum atomic E-state index is -0.394. The van der Waals surface area contributed by atoms with Gasteiger partial charge in [-0.25, -0.2) is 14.4 Å². The number of aromatic nitrogens is 2. The molecule has 2 aromatic rings. The monoisotopic (exact) mass is 323 g/mol. The van der Waals surface area contributed by atoms with Crippen LogP contribution in [0.2, 0.25) is 0 Å². The molecule has 0 bridgehead atoms. The molecule has 1 amide bonds. The molecule has 0 atom stereocenters. The van der Waals surface area contributed by atoms with E-state index in [2.05, 4.69) is 31.2 Å². The van der Waals surface area contributed by atoms with E-state index in [1.807, 2.05) is 0 Å². The topological polar surface area (TPSA) is 54.9 Å². The van der Waals surface area contributed by atoms with Crippen LogP contribution in [0.15, 0.2) is 34.9 Å². The Bertz CT molecular complexity index is 619. The van der Waals surface area contributed by atoms with Gasteiger partial charge in [-0.3, -0.25) is 4.79 Å². The Kier molecular flexibility index (Phi) is 4.21. The van der Waals surface area contributed by atoms with Crippen molar-refractivity contribution in [1.29, 1.82) is 0 Å². The SMILES string of the molecule is Cc1nccc(CNC(=O)c2ccc(F)cc2Br)n1. The highest BCUT2D eigenvalue weighted by Gasteiger charge is 2.10. The van der Waals surface area contributed by atoms with Gasteiger partial charge in [0.15, 0.2) is 0 Å². The standard InChI is InChI=1S/C13H11BrFN3O/c1-8-16-5-4-10(18-8)7-17-13(19)11-3-2-9(15)6-12(11)14/h2-6H,7H2,1H3,(H,17,19). The van der Waals surface area contributed by atoms with Crippen LogP contribution in [-0.4, -0.2) is 15.9 Å². The van der Waals surface area contributed by atoms with Gasteiger partial charge in [0.05, 0.1) is 17.8 Å². The number of halogens is 2. The summed E-state index contributed by atoms with van der Waals surface area (Å²) in [6.45, 7) is 2.08. The average molecular weight is 324 g/mol. The molecule has 1 N–H and O–H groups in total. The fourth-order valence-corrected chi connectivity index (χ4v) is 2.07. The molecule has 0 aliphatic rings. The third kappa shape index (κ3) is 3.57. The number of benzene rings is 1. The summed E-state index contributed by atoms with van der Waals surface area (Å²) < 4.78 is 13.3. The van der Waals surface area contributed by atoms with Crippen LogP contribution in [-0.2, 0) is 6.54 Å². The van der Waals surface area contributed by atoms with Crippen LogP contribution < -0.4 is 5.32 Å². The van der Waals surface area contributed by atoms with E-state index >= 15 is 0 Å². The van der Waals surface area contributed by atoms with Gasteiger partial charge in [-0.15, -0.1) is 0 Å². The first-order valence-corrected chi connectivity index (χ1v) is 6.37. The number of carbonyl (C=O) groups excluding carboxylic acids is 1. The number of aryl methyl sites for hydroxylation is 1. The predicted octanol–water partition coefficient (Wildman–Crippen LogP) is 2.62. The van der Waals surface area contributed by atoms with Crippen molar-refractivity contribution in [3.05, 3.63) is 57.8 Å². The normalized spacial score (nSPS) is 10.3. The molecule has 0 radical (unpaired) electrons. The van der Waals surface area contributed by atoms with Crippen LogP contribution in [0.5, 0.6) is 0 Å². The van der Waals surface area contributed by atoms with Crippen LogP contribution in [0.1, 0.15) is 21.9 Å². The predicted molar refractivity (Wildman–Crippen MR) is 72.0 cm³/mol. The average Bonchev–Trinajstić information content (AvgIpc) is 2.36. The maximum atomic E-state index is 12.9. The minimum Gasteiger partial charge on any atom is -0.346 e. The van der Waals surface area contributed by atoms with Crippen LogP contribution in [0.4, 0.5) is 4.39 Å². The van der Waals surface area contributed by atoms with Crippen molar-refractivity contribution in [2.75, 3.05) is 0 Å². The lowest BCUT2D eigenvalue weighted by Gasteiger charge is -2.07. The van der Waals surface area contributed by atoms with E-state index in [1.165, 1.54) is 18.2 Å². The van der Waals surface area contributed by atoms with E-state index in [0.29, 0.717) is 22.4 Å². The van der Waals surface area contributed by atoms with Crippen molar-refractivity contribution < 1.29 is 9.18 Å². The highest BCUT2D eigenvalue weighted by atomic mass is 79.9. The molecular formula is C13H11BrFN3O. The van der Waals surface area contributed by atoms with Crippen molar-refractivity contribution in [1.82, 2.24) is 15.3 Å². The molecule has 0 saturated heterocycles. The third-order valence-corrected chi connectivity index (χ3v) is 3.10. The molecular weight excluding hydrogens is 313 g/mol. The lowest BCUT2D eigenvalue weighted by atomic mass is 10.2. The van der Waals surface area contributed by atoms with Gasteiger partial charge in [-0.2, -0.15) is 0 Å². The summed E-state index contributed by atoms with van der Waals surface area (Å²) in [6.07, 6.45) is 1.64. The Morgan fingerprint density at radius 3 is 2.89 bits per heavy atom. The molecule has 19 heavy (non-hydrogen) atoms. The first-order valence-electron chi connectivity index (χ1n) is 5.58. The summed E-state index contributed by atoms with van der Waals surface area (Å²) in [6, 6.07) is 5.66. The molecule has 0 aliphatic carbocycles. The van der Waals surface area contributed by atoms with E-state index in [1.54, 1.807) is 19.2 Å². The highest BCUT2D eigenvalue weighted by molar-refractivity contribution is 9.10. The zero-order valence-corrected chi connectivity index (χ0v) is 11.7. The number of carbonyl (C=O) groups is 1. The maximum absolute atomic E-state index is 12.9. The molecule has 98 valence electrons. The van der Waals surface area contributed by atoms with Gasteiger partial charge in [0.1, 0.15) is 11.6 Å². The van der Waals surface area contributed by atoms with Gasteiger partial charge in [0.2, 0.25) is 0 Å². The highest BCUT2D eigenvalue weighted by Crippen LogP contribution is 2.17. The molecule has 0 unspecified atom stereocenters. The Morgan fingerprint density at radius 1 is 1.42 bits per heavy atom. The molecule has 0 saturated carbocycles. The Labute approximate surface area is 118 Å². The summed E-state index contributed by atoms with van der Waals surface area (Å²) in [5.41, 5.74) is 1.10. The second kappa shape index (κ2) is 5.88. The molecule has 6 heteroatoms. The maximum Gasteiger partial charge on any atom is 0.252 e. The minimum absolute atomic E-state index is 0.289. The van der Waals surface area contributed by atoms with Gasteiger partial charge in [-0.05, 0) is 47.1 Å². The number of nitrogens with one attached hydrogen (secondary N) is 1. The fourth-order valence-electron chi connectivity index (χ4n) is 1.54. The summed E-state index contributed by atoms with van der Waals surface area (Å²) in [5, 5.41) is 2.72. The molecule has 2 rings (SSSR count). The second-order valence-corrected chi connectivity index (χ2v) is 4.76. The van der Waals surface area contributed by atoms with Crippen LogP contribution in [0, 0.1) is 12.7 Å². The number of rotatable bonds is 3. The molecule has 1 aromatic heterocycles. The molecule has 4 nitrogen and oxygen atoms in total. The fraction of sp³-hybridized carbons (Fsp3) is 0.154. The molecule has 0 fully saturated rings. The number of hydrogen-bond donors (Lipinski definition) is 1. The first-order chi connectivity index (χ1) is 9.06. The smallest absolute Gasteiger partial charge is 0.252 e. The van der Waals surface area contributed by atoms with Gasteiger partial charge < -0.3 is 5.32 Å². The zero-order chi connectivity index (χ0) is 13.8. The second-order valence-electron chi connectivity index (χ2n) is 3.90. The lowest BCUT2D eigenvalue weighted by molar-refractivity contribution is 0.0949. The van der Waals surface area contributed by atoms with Crippen LogP contribution in [0.3, 0.4) is 0 Å². The van der Waals surface area contributed by atoms with Crippen molar-refractivity contribution in [3.8, 4) is 0 Å². The number of amides is 1. The molecule has 0 aliphatic heterocycles. The summed E-state index contributed by atoms with van der Waals surface area (Å²) in [7, 11) is 0. The Morgan fingerprint density at radius 2 is 2.21 bits per heavy atom. The van der Waals surface area contributed by atoms with E-state index in [9.17, 15) is 9.18 Å². The Balaban J connectivity index is 2.05. The summed E-state index contributed by atoms with van der Waals surface area (Å²) in [5.74, 6) is -0.0345. The largest absolute Gasteiger partial charge is 0.346 e. The third-order valence-electron chi connectivity index (χ3n) is 2.44. The van der Waals surface area contributed by atoms with Crippen molar-refractivity contribution in [2.45, 2.75) is 13.5 Å². The zero-order valence-electron chi connectivity index (χ0n) is 10.2. The van der Waals surface area contributed by atoms with Crippen LogP contribution in [0.25, 0.3) is 0 Å². The Hall–Kier alpha value is -1.82.